The fourth-order valence-electron chi connectivity index (χ4n) is 4.68. The van der Waals surface area contributed by atoms with E-state index in [9.17, 15) is 14.4 Å². The number of hydrogen-bond acceptors (Lipinski definition) is 4. The molecule has 2 fully saturated rings. The van der Waals surface area contributed by atoms with Gasteiger partial charge in [0.1, 0.15) is 6.54 Å². The van der Waals surface area contributed by atoms with Crippen molar-refractivity contribution in [3.63, 3.8) is 0 Å². The first-order valence-electron chi connectivity index (χ1n) is 12.0. The average Bonchev–Trinajstić information content (AvgIpc) is 3.16. The summed E-state index contributed by atoms with van der Waals surface area (Å²) in [6.07, 6.45) is 8.06. The van der Waals surface area contributed by atoms with Crippen LogP contribution in [0.3, 0.4) is 0 Å². The zero-order valence-electron chi connectivity index (χ0n) is 19.6. The molecule has 3 aromatic rings. The van der Waals surface area contributed by atoms with Crippen LogP contribution in [0.5, 0.6) is 0 Å². The molecule has 2 saturated heterocycles. The topological polar surface area (TPSA) is 62.6 Å². The van der Waals surface area contributed by atoms with Crippen LogP contribution in [-0.2, 0) is 22.7 Å². The van der Waals surface area contributed by atoms with E-state index < -0.39 is 0 Å². The molecule has 6 nitrogen and oxygen atoms in total. The molecule has 0 saturated carbocycles. The number of likely N-dealkylation sites (tertiary alicyclic amines) is 1. The third-order valence-electron chi connectivity index (χ3n) is 6.58. The lowest BCUT2D eigenvalue weighted by Crippen LogP contribution is -2.34. The molecule has 0 spiro atoms. The Morgan fingerprint density at radius 3 is 2.56 bits per heavy atom. The molecule has 186 valence electrons. The van der Waals surface area contributed by atoms with Crippen molar-refractivity contribution in [3.8, 4) is 0 Å². The number of amides is 3. The summed E-state index contributed by atoms with van der Waals surface area (Å²) in [5.74, 6) is -0.246. The van der Waals surface area contributed by atoms with Crippen molar-refractivity contribution in [1.29, 1.82) is 0 Å². The third-order valence-corrected chi connectivity index (χ3v) is 8.35. The van der Waals surface area contributed by atoms with Crippen molar-refractivity contribution in [2.75, 3.05) is 13.1 Å². The maximum atomic E-state index is 13.2. The third kappa shape index (κ3) is 5.26. The van der Waals surface area contributed by atoms with Gasteiger partial charge in [0.25, 0.3) is 11.1 Å². The summed E-state index contributed by atoms with van der Waals surface area (Å²) in [6, 6.07) is 13.1. The molecule has 5 rings (SSSR count). The van der Waals surface area contributed by atoms with E-state index in [1.54, 1.807) is 12.1 Å². The Labute approximate surface area is 227 Å². The van der Waals surface area contributed by atoms with Gasteiger partial charge < -0.3 is 9.47 Å². The summed E-state index contributed by atoms with van der Waals surface area (Å²) in [4.78, 5) is 42.5. The largest absolute Gasteiger partial charge is 0.341 e. The molecule has 2 aliphatic heterocycles. The second-order valence-electron chi connectivity index (χ2n) is 9.03. The van der Waals surface area contributed by atoms with Crippen LogP contribution in [0.1, 0.15) is 36.8 Å². The normalized spacial score (nSPS) is 17.9. The van der Waals surface area contributed by atoms with Crippen molar-refractivity contribution < 1.29 is 14.4 Å². The van der Waals surface area contributed by atoms with E-state index in [1.165, 1.54) is 17.7 Å². The Morgan fingerprint density at radius 2 is 1.81 bits per heavy atom. The number of rotatable bonds is 5. The molecule has 0 unspecified atom stereocenters. The highest BCUT2D eigenvalue weighted by molar-refractivity contribution is 9.10. The monoisotopic (exact) mass is 585 g/mol. The van der Waals surface area contributed by atoms with Crippen LogP contribution >= 0.6 is 39.3 Å². The van der Waals surface area contributed by atoms with Crippen LogP contribution in [0.4, 0.5) is 4.79 Å². The molecule has 3 heterocycles. The SMILES string of the molecule is O=C(Cn1cc(/C=C2\SC(=O)N(Cc3ccccc3Cl)C2=O)c2cc(Br)ccc21)N1CCCCCC1. The van der Waals surface area contributed by atoms with Gasteiger partial charge in [-0.1, -0.05) is 58.6 Å². The maximum absolute atomic E-state index is 13.2. The number of fused-ring (bicyclic) bond motifs is 1. The van der Waals surface area contributed by atoms with Crippen molar-refractivity contribution in [3.05, 3.63) is 74.2 Å². The van der Waals surface area contributed by atoms with Crippen LogP contribution in [0, 0.1) is 0 Å². The number of thioether (sulfide) groups is 1. The minimum absolute atomic E-state index is 0.100. The van der Waals surface area contributed by atoms with Gasteiger partial charge in [0, 0.05) is 45.2 Å². The summed E-state index contributed by atoms with van der Waals surface area (Å²) in [6.45, 7) is 1.96. The van der Waals surface area contributed by atoms with Gasteiger partial charge in [0.05, 0.1) is 11.4 Å². The number of halogens is 2. The Morgan fingerprint density at radius 1 is 1.06 bits per heavy atom. The Kier molecular flexibility index (Phi) is 7.55. The zero-order valence-corrected chi connectivity index (χ0v) is 22.7. The first-order valence-corrected chi connectivity index (χ1v) is 13.9. The Bertz CT molecular complexity index is 1380. The molecule has 0 aliphatic carbocycles. The number of hydrogen-bond donors (Lipinski definition) is 0. The summed E-state index contributed by atoms with van der Waals surface area (Å²) < 4.78 is 2.84. The second kappa shape index (κ2) is 10.8. The van der Waals surface area contributed by atoms with E-state index in [0.717, 1.165) is 64.2 Å². The summed E-state index contributed by atoms with van der Waals surface area (Å²) >= 11 is 10.7. The minimum atomic E-state index is -0.346. The van der Waals surface area contributed by atoms with E-state index in [0.29, 0.717) is 9.93 Å². The van der Waals surface area contributed by atoms with E-state index >= 15 is 0 Å². The van der Waals surface area contributed by atoms with Gasteiger partial charge in [-0.2, -0.15) is 0 Å². The minimum Gasteiger partial charge on any atom is -0.341 e. The number of aromatic nitrogens is 1. The quantitative estimate of drug-likeness (QED) is 0.312. The van der Waals surface area contributed by atoms with Crippen molar-refractivity contribution in [1.82, 2.24) is 14.4 Å². The highest BCUT2D eigenvalue weighted by Crippen LogP contribution is 2.36. The van der Waals surface area contributed by atoms with Crippen LogP contribution in [0.25, 0.3) is 17.0 Å². The van der Waals surface area contributed by atoms with Gasteiger partial charge in [-0.15, -0.1) is 0 Å². The summed E-state index contributed by atoms with van der Waals surface area (Å²) in [5.41, 5.74) is 2.41. The lowest BCUT2D eigenvalue weighted by molar-refractivity contribution is -0.131. The van der Waals surface area contributed by atoms with Gasteiger partial charge in [-0.3, -0.25) is 19.3 Å². The highest BCUT2D eigenvalue weighted by Gasteiger charge is 2.35. The van der Waals surface area contributed by atoms with Crippen LogP contribution in [0.15, 0.2) is 58.0 Å². The Hall–Kier alpha value is -2.55. The molecule has 2 aromatic carbocycles. The lowest BCUT2D eigenvalue weighted by atomic mass is 10.1. The average molecular weight is 587 g/mol. The van der Waals surface area contributed by atoms with Gasteiger partial charge in [0.15, 0.2) is 0 Å². The second-order valence-corrected chi connectivity index (χ2v) is 11.3. The predicted octanol–water partition coefficient (Wildman–Crippen LogP) is 6.70. The Balaban J connectivity index is 1.43. The maximum Gasteiger partial charge on any atom is 0.293 e. The molecule has 9 heteroatoms. The molecule has 36 heavy (non-hydrogen) atoms. The number of imide groups is 1. The molecule has 0 radical (unpaired) electrons. The fraction of sp³-hybridized carbons (Fsp3) is 0.296. The number of carbonyl (C=O) groups is 3. The highest BCUT2D eigenvalue weighted by atomic mass is 79.9. The molecule has 0 atom stereocenters. The van der Waals surface area contributed by atoms with Gasteiger partial charge in [-0.05, 0) is 60.5 Å². The number of benzene rings is 2. The van der Waals surface area contributed by atoms with Gasteiger partial charge in [0.2, 0.25) is 5.91 Å². The molecule has 1 aromatic heterocycles. The smallest absolute Gasteiger partial charge is 0.293 e. The van der Waals surface area contributed by atoms with Gasteiger partial charge >= 0.3 is 0 Å². The molecule has 3 amide bonds. The van der Waals surface area contributed by atoms with E-state index in [1.807, 2.05) is 52.1 Å². The number of nitrogens with zero attached hydrogens (tertiary/aromatic N) is 3. The van der Waals surface area contributed by atoms with E-state index in [2.05, 4.69) is 15.9 Å². The summed E-state index contributed by atoms with van der Waals surface area (Å²) in [5, 5.41) is 1.10. The fourth-order valence-corrected chi connectivity index (χ4v) is 6.07. The van der Waals surface area contributed by atoms with Crippen LogP contribution in [-0.4, -0.2) is 44.5 Å². The van der Waals surface area contributed by atoms with E-state index in [4.69, 9.17) is 11.6 Å². The number of carbonyl (C=O) groups excluding carboxylic acids is 3. The first-order chi connectivity index (χ1) is 17.4. The lowest BCUT2D eigenvalue weighted by Gasteiger charge is -2.20. The van der Waals surface area contributed by atoms with Crippen molar-refractivity contribution in [2.24, 2.45) is 0 Å². The van der Waals surface area contributed by atoms with Crippen LogP contribution < -0.4 is 0 Å². The predicted molar refractivity (Wildman–Crippen MR) is 148 cm³/mol. The molecule has 0 bridgehead atoms. The zero-order chi connectivity index (χ0) is 25.2. The standard InChI is InChI=1S/C27H25BrClN3O3S/c28-20-9-10-23-21(14-20)19(15-31(23)17-25(33)30-11-5-1-2-6-12-30)13-24-26(34)32(27(35)36-24)16-18-7-3-4-8-22(18)29/h3-4,7-10,13-15H,1-2,5-6,11-12,16-17H2/b24-13-. The van der Waals surface area contributed by atoms with Crippen molar-refractivity contribution >= 4 is 73.3 Å². The molecular weight excluding hydrogens is 562 g/mol. The van der Waals surface area contributed by atoms with Gasteiger partial charge in [-0.25, -0.2) is 0 Å². The van der Waals surface area contributed by atoms with E-state index in [-0.39, 0.29) is 30.1 Å². The summed E-state index contributed by atoms with van der Waals surface area (Å²) in [7, 11) is 0. The first kappa shape index (κ1) is 25.1. The molecular formula is C27H25BrClN3O3S. The van der Waals surface area contributed by atoms with Crippen molar-refractivity contribution in [2.45, 2.75) is 38.8 Å². The van der Waals surface area contributed by atoms with Crippen LogP contribution in [0.2, 0.25) is 5.02 Å². The molecule has 0 N–H and O–H groups in total. The molecule has 2 aliphatic rings.